The van der Waals surface area contributed by atoms with Crippen LogP contribution in [0, 0.1) is 54.3 Å². The largest absolute Gasteiger partial charge is 4.00 e. The summed E-state index contributed by atoms with van der Waals surface area (Å²) in [6, 6.07) is 8.06. The summed E-state index contributed by atoms with van der Waals surface area (Å²) in [6.45, 7) is 21.7. The SMILES string of the molecule is Cc1ccnc(-c2cc(CCN)ccn2)c1.[C-]#N.[C-]#N.[C-]#N.[C-]#N.[Os+4]. The van der Waals surface area contributed by atoms with Crippen LogP contribution < -0.4 is 5.73 Å². The molecule has 2 heterocycles. The molecular weight excluding hydrogens is 492 g/mol. The van der Waals surface area contributed by atoms with Crippen LogP contribution in [-0.2, 0) is 26.2 Å². The second-order valence-corrected chi connectivity index (χ2v) is 3.81. The van der Waals surface area contributed by atoms with Crippen LogP contribution in [0.5, 0.6) is 0 Å². The predicted molar refractivity (Wildman–Crippen MR) is 84.8 cm³/mol. The van der Waals surface area contributed by atoms with Crippen LogP contribution in [0.2, 0.25) is 0 Å². The molecule has 0 fully saturated rings. The molecule has 0 atom stereocenters. The molecule has 0 aromatic carbocycles. The summed E-state index contributed by atoms with van der Waals surface area (Å²) in [4.78, 5) is 8.65. The van der Waals surface area contributed by atoms with Crippen LogP contribution >= 0.6 is 0 Å². The minimum absolute atomic E-state index is 0. The fourth-order valence-corrected chi connectivity index (χ4v) is 1.61. The number of hydrogen-bond acceptors (Lipinski definition) is 7. The van der Waals surface area contributed by atoms with Crippen molar-refractivity contribution in [3.63, 3.8) is 0 Å². The Labute approximate surface area is 162 Å². The normalized spacial score (nSPS) is 6.96. The summed E-state index contributed by atoms with van der Waals surface area (Å²) < 4.78 is 0. The average Bonchev–Trinajstić information content (AvgIpc) is 2.69. The molecule has 2 N–H and O–H groups in total. The number of aryl methyl sites for hydroxylation is 1. The van der Waals surface area contributed by atoms with Gasteiger partial charge in [-0.25, -0.2) is 0 Å². The fraction of sp³-hybridized carbons (Fsp3) is 0.176. The number of nitrogens with zero attached hydrogens (tertiary/aromatic N) is 6. The Morgan fingerprint density at radius 3 is 1.72 bits per heavy atom. The third kappa shape index (κ3) is 13.0. The van der Waals surface area contributed by atoms with Crippen molar-refractivity contribution in [2.45, 2.75) is 13.3 Å². The van der Waals surface area contributed by atoms with Crippen LogP contribution in [0.4, 0.5) is 0 Å². The van der Waals surface area contributed by atoms with E-state index in [1.165, 1.54) is 11.1 Å². The maximum Gasteiger partial charge on any atom is 4.00 e. The van der Waals surface area contributed by atoms with E-state index >= 15 is 0 Å². The Morgan fingerprint density at radius 2 is 1.28 bits per heavy atom. The second-order valence-electron chi connectivity index (χ2n) is 3.81. The van der Waals surface area contributed by atoms with Crippen molar-refractivity contribution in [1.29, 1.82) is 21.0 Å². The van der Waals surface area contributed by atoms with Gasteiger partial charge in [-0.2, -0.15) is 0 Å². The van der Waals surface area contributed by atoms with E-state index in [-0.39, 0.29) is 19.8 Å². The van der Waals surface area contributed by atoms with Crippen molar-refractivity contribution in [1.82, 2.24) is 9.97 Å². The van der Waals surface area contributed by atoms with E-state index in [4.69, 9.17) is 53.1 Å². The fourth-order valence-electron chi connectivity index (χ4n) is 1.61. The molecule has 2 aromatic rings. The molecule has 2 aromatic heterocycles. The van der Waals surface area contributed by atoms with E-state index in [0.29, 0.717) is 6.54 Å². The topological polar surface area (TPSA) is 147 Å². The van der Waals surface area contributed by atoms with Crippen molar-refractivity contribution >= 4 is 0 Å². The van der Waals surface area contributed by atoms with Crippen molar-refractivity contribution in [3.05, 3.63) is 74.1 Å². The molecule has 2 rings (SSSR count). The van der Waals surface area contributed by atoms with Gasteiger partial charge in [0.2, 0.25) is 0 Å². The van der Waals surface area contributed by atoms with Gasteiger partial charge in [-0.15, -0.1) is 0 Å². The molecule has 0 amide bonds. The van der Waals surface area contributed by atoms with Gasteiger partial charge >= 0.3 is 19.8 Å². The number of aromatic nitrogens is 2. The average molecular weight is 508 g/mol. The van der Waals surface area contributed by atoms with Gasteiger partial charge < -0.3 is 53.1 Å². The Bertz CT molecular complexity index is 624. The molecule has 0 bridgehead atoms. The first kappa shape index (κ1) is 29.8. The summed E-state index contributed by atoms with van der Waals surface area (Å²) in [5, 5.41) is 25.0. The number of pyridine rings is 2. The molecule has 8 heteroatoms. The standard InChI is InChI=1S/C13H15N3.4CN.Os/c1-10-3-6-15-12(8-10)13-9-11(2-5-14)4-7-16-13;4*1-2;/h3-4,6-9H,2,5,14H2,1H3;;;;;/q;4*-1;+4. The van der Waals surface area contributed by atoms with E-state index < -0.39 is 0 Å². The Balaban J connectivity index is -0.000000217. The van der Waals surface area contributed by atoms with Crippen LogP contribution in [-0.4, -0.2) is 16.5 Å². The van der Waals surface area contributed by atoms with Gasteiger partial charge in [-0.3, -0.25) is 9.97 Å². The summed E-state index contributed by atoms with van der Waals surface area (Å²) in [6.07, 6.45) is 4.49. The molecule has 7 nitrogen and oxygen atoms in total. The second kappa shape index (κ2) is 23.1. The van der Waals surface area contributed by atoms with Crippen molar-refractivity contribution < 1.29 is 19.8 Å². The van der Waals surface area contributed by atoms with E-state index in [9.17, 15) is 0 Å². The first-order valence-electron chi connectivity index (χ1n) is 6.27. The van der Waals surface area contributed by atoms with E-state index in [1.54, 1.807) is 0 Å². The molecule has 0 aliphatic heterocycles. The molecule has 0 radical (unpaired) electrons. The maximum absolute atomic E-state index is 6.25. The third-order valence-electron chi connectivity index (χ3n) is 2.44. The smallest absolute Gasteiger partial charge is 0.512 e. The van der Waals surface area contributed by atoms with Gasteiger partial charge in [0.25, 0.3) is 0 Å². The number of rotatable bonds is 3. The first-order valence-corrected chi connectivity index (χ1v) is 6.27. The minimum atomic E-state index is 0. The molecule has 0 saturated heterocycles. The zero-order valence-electron chi connectivity index (χ0n) is 13.5. The predicted octanol–water partition coefficient (Wildman–Crippen LogP) is 2.34. The molecule has 0 unspecified atom stereocenters. The zero-order chi connectivity index (χ0) is 19.4. The van der Waals surface area contributed by atoms with Crippen molar-refractivity contribution in [3.8, 4) is 11.4 Å². The van der Waals surface area contributed by atoms with Crippen LogP contribution in [0.25, 0.3) is 11.4 Å². The minimum Gasteiger partial charge on any atom is -0.512 e. The Morgan fingerprint density at radius 1 is 0.840 bits per heavy atom. The van der Waals surface area contributed by atoms with Crippen LogP contribution in [0.15, 0.2) is 36.7 Å². The Hall–Kier alpha value is -3.14. The quantitative estimate of drug-likeness (QED) is 0.627. The Kier molecular flexibility index (Phi) is 27.6. The molecule has 0 saturated carbocycles. The molecule has 0 aliphatic carbocycles. The molecule has 0 aliphatic rings. The van der Waals surface area contributed by atoms with E-state index in [0.717, 1.165) is 17.8 Å². The molecule has 25 heavy (non-hydrogen) atoms. The van der Waals surface area contributed by atoms with Crippen molar-refractivity contribution in [2.24, 2.45) is 5.73 Å². The number of hydrogen-bond donors (Lipinski definition) is 1. The summed E-state index contributed by atoms with van der Waals surface area (Å²) in [5.41, 5.74) is 9.76. The van der Waals surface area contributed by atoms with Gasteiger partial charge in [0.15, 0.2) is 0 Å². The molecule has 0 spiro atoms. The van der Waals surface area contributed by atoms with Gasteiger partial charge in [0, 0.05) is 12.4 Å². The summed E-state index contributed by atoms with van der Waals surface area (Å²) in [5.74, 6) is 0. The summed E-state index contributed by atoms with van der Waals surface area (Å²) in [7, 11) is 0. The van der Waals surface area contributed by atoms with Crippen LogP contribution in [0.3, 0.4) is 0 Å². The van der Waals surface area contributed by atoms with E-state index in [2.05, 4.69) is 23.0 Å². The monoisotopic (exact) mass is 509 g/mol. The van der Waals surface area contributed by atoms with Gasteiger partial charge in [-0.05, 0) is 55.3 Å². The summed E-state index contributed by atoms with van der Waals surface area (Å²) >= 11 is 0. The van der Waals surface area contributed by atoms with Crippen LogP contribution in [0.1, 0.15) is 11.1 Å². The number of nitrogens with two attached hydrogens (primary N) is 1. The zero-order valence-corrected chi connectivity index (χ0v) is 16.0. The van der Waals surface area contributed by atoms with Gasteiger partial charge in [0.05, 0.1) is 11.4 Å². The maximum atomic E-state index is 6.25. The first-order chi connectivity index (χ1) is 11.8. The van der Waals surface area contributed by atoms with Gasteiger partial charge in [-0.1, -0.05) is 0 Å². The molecular formula is C17H15N7Os. The third-order valence-corrected chi connectivity index (χ3v) is 2.44. The molecule has 126 valence electrons. The van der Waals surface area contributed by atoms with Gasteiger partial charge in [0.1, 0.15) is 0 Å². The van der Waals surface area contributed by atoms with E-state index in [1.807, 2.05) is 30.6 Å². The van der Waals surface area contributed by atoms with Crippen molar-refractivity contribution in [2.75, 3.05) is 6.54 Å².